The number of aromatic nitrogens is 1. The summed E-state index contributed by atoms with van der Waals surface area (Å²) in [6.45, 7) is 2.82. The van der Waals surface area contributed by atoms with Gasteiger partial charge in [-0.2, -0.15) is 0 Å². The molecule has 0 aliphatic rings. The van der Waals surface area contributed by atoms with Crippen LogP contribution in [0.4, 0.5) is 0 Å². The zero-order valence-electron chi connectivity index (χ0n) is 15.8. The molecule has 1 N–H and O–H groups in total. The lowest BCUT2D eigenvalue weighted by molar-refractivity contribution is 0.0948. The predicted molar refractivity (Wildman–Crippen MR) is 106 cm³/mol. The first-order valence-corrected chi connectivity index (χ1v) is 8.97. The van der Waals surface area contributed by atoms with Crippen molar-refractivity contribution in [1.82, 2.24) is 10.3 Å². The molecular formula is C22H22N2O4. The monoisotopic (exact) mass is 378 g/mol. The van der Waals surface area contributed by atoms with Gasteiger partial charge in [0.1, 0.15) is 5.75 Å². The van der Waals surface area contributed by atoms with Crippen molar-refractivity contribution >= 4 is 5.91 Å². The van der Waals surface area contributed by atoms with E-state index in [9.17, 15) is 4.79 Å². The Labute approximate surface area is 164 Å². The Kier molecular flexibility index (Phi) is 6.46. The summed E-state index contributed by atoms with van der Waals surface area (Å²) in [6.07, 6.45) is 1.67. The molecule has 0 unspecified atom stereocenters. The molecule has 0 saturated carbocycles. The van der Waals surface area contributed by atoms with Gasteiger partial charge in [0, 0.05) is 18.8 Å². The molecule has 2 aromatic carbocycles. The number of nitrogens with one attached hydrogen (secondary N) is 1. The lowest BCUT2D eigenvalue weighted by atomic mass is 10.2. The summed E-state index contributed by atoms with van der Waals surface area (Å²) in [5.74, 6) is 2.05. The van der Waals surface area contributed by atoms with Crippen molar-refractivity contribution in [1.29, 1.82) is 0 Å². The summed E-state index contributed by atoms with van der Waals surface area (Å²) in [6, 6.07) is 18.1. The number of nitrogens with zero attached hydrogens (tertiary/aromatic N) is 1. The number of carbonyl (C=O) groups is 1. The average Bonchev–Trinajstić information content (AvgIpc) is 2.74. The number of para-hydroxylation sites is 3. The van der Waals surface area contributed by atoms with Gasteiger partial charge in [0.15, 0.2) is 11.5 Å². The number of hydrogen-bond donors (Lipinski definition) is 1. The van der Waals surface area contributed by atoms with E-state index in [1.165, 1.54) is 0 Å². The molecule has 0 radical (unpaired) electrons. The lowest BCUT2D eigenvalue weighted by Gasteiger charge is -2.11. The van der Waals surface area contributed by atoms with Crippen LogP contribution >= 0.6 is 0 Å². The molecule has 0 fully saturated rings. The second kappa shape index (κ2) is 9.41. The normalized spacial score (nSPS) is 10.2. The smallest absolute Gasteiger partial charge is 0.255 e. The summed E-state index contributed by atoms with van der Waals surface area (Å²) in [5, 5.41) is 2.87. The molecule has 1 amide bonds. The number of hydrogen-bond acceptors (Lipinski definition) is 5. The summed E-state index contributed by atoms with van der Waals surface area (Å²) in [7, 11) is 1.54. The average molecular weight is 378 g/mol. The molecule has 1 heterocycles. The van der Waals surface area contributed by atoms with Crippen molar-refractivity contribution in [3.8, 4) is 23.1 Å². The highest BCUT2D eigenvalue weighted by atomic mass is 16.5. The van der Waals surface area contributed by atoms with Crippen LogP contribution in [0, 0.1) is 0 Å². The van der Waals surface area contributed by atoms with Gasteiger partial charge >= 0.3 is 0 Å². The molecular weight excluding hydrogens is 356 g/mol. The Morgan fingerprint density at radius 3 is 2.36 bits per heavy atom. The van der Waals surface area contributed by atoms with Crippen LogP contribution in [-0.2, 0) is 6.54 Å². The Balaban J connectivity index is 1.61. The van der Waals surface area contributed by atoms with E-state index in [4.69, 9.17) is 14.2 Å². The maximum atomic E-state index is 12.4. The van der Waals surface area contributed by atoms with E-state index in [1.54, 1.807) is 37.6 Å². The third-order valence-corrected chi connectivity index (χ3v) is 3.97. The topological polar surface area (TPSA) is 69.7 Å². The molecule has 6 nitrogen and oxygen atoms in total. The molecule has 0 saturated heterocycles. The molecule has 0 bridgehead atoms. The van der Waals surface area contributed by atoms with Gasteiger partial charge in [-0.3, -0.25) is 4.79 Å². The zero-order chi connectivity index (χ0) is 19.8. The molecule has 0 spiro atoms. The molecule has 6 heteroatoms. The minimum atomic E-state index is -0.205. The summed E-state index contributed by atoms with van der Waals surface area (Å²) >= 11 is 0. The first-order chi connectivity index (χ1) is 13.7. The largest absolute Gasteiger partial charge is 0.496 e. The minimum absolute atomic E-state index is 0.205. The lowest BCUT2D eigenvalue weighted by Crippen LogP contribution is -2.23. The maximum absolute atomic E-state index is 12.4. The number of rotatable bonds is 8. The standard InChI is InChI=1S/C22H22N2O4/c1-3-27-19-10-6-7-11-20(19)28-21-13-12-16(14-23-21)15-24-22(25)17-8-4-5-9-18(17)26-2/h4-14H,3,15H2,1-2H3,(H,24,25). The van der Waals surface area contributed by atoms with E-state index < -0.39 is 0 Å². The van der Waals surface area contributed by atoms with Gasteiger partial charge in [0.25, 0.3) is 5.91 Å². The van der Waals surface area contributed by atoms with Gasteiger partial charge in [0.05, 0.1) is 19.3 Å². The molecule has 1 aromatic heterocycles. The fourth-order valence-electron chi connectivity index (χ4n) is 2.61. The van der Waals surface area contributed by atoms with Crippen LogP contribution in [0.25, 0.3) is 0 Å². The Morgan fingerprint density at radius 2 is 1.68 bits per heavy atom. The second-order valence-corrected chi connectivity index (χ2v) is 5.87. The molecule has 3 rings (SSSR count). The van der Waals surface area contributed by atoms with E-state index in [2.05, 4.69) is 10.3 Å². The first kappa shape index (κ1) is 19.2. The van der Waals surface area contributed by atoms with Crippen molar-refractivity contribution in [3.63, 3.8) is 0 Å². The van der Waals surface area contributed by atoms with Gasteiger partial charge in [-0.05, 0) is 36.8 Å². The Bertz CT molecular complexity index is 926. The molecule has 0 aliphatic heterocycles. The second-order valence-electron chi connectivity index (χ2n) is 5.87. The van der Waals surface area contributed by atoms with Gasteiger partial charge < -0.3 is 19.5 Å². The van der Waals surface area contributed by atoms with Gasteiger partial charge in [0.2, 0.25) is 5.88 Å². The molecule has 3 aromatic rings. The first-order valence-electron chi connectivity index (χ1n) is 8.97. The quantitative estimate of drug-likeness (QED) is 0.636. The summed E-state index contributed by atoms with van der Waals surface area (Å²) in [5.41, 5.74) is 1.35. The van der Waals surface area contributed by atoms with E-state index in [1.807, 2.05) is 43.3 Å². The van der Waals surface area contributed by atoms with Crippen LogP contribution < -0.4 is 19.5 Å². The number of carbonyl (C=O) groups excluding carboxylic acids is 1. The van der Waals surface area contributed by atoms with Crippen molar-refractivity contribution in [2.45, 2.75) is 13.5 Å². The minimum Gasteiger partial charge on any atom is -0.496 e. The maximum Gasteiger partial charge on any atom is 0.255 e. The third kappa shape index (κ3) is 4.79. The SMILES string of the molecule is CCOc1ccccc1Oc1ccc(CNC(=O)c2ccccc2OC)cn1. The fourth-order valence-corrected chi connectivity index (χ4v) is 2.61. The van der Waals surface area contributed by atoms with Crippen LogP contribution in [-0.4, -0.2) is 24.6 Å². The van der Waals surface area contributed by atoms with Crippen LogP contribution in [0.2, 0.25) is 0 Å². The van der Waals surface area contributed by atoms with Crippen molar-refractivity contribution in [2.24, 2.45) is 0 Å². The van der Waals surface area contributed by atoms with Crippen molar-refractivity contribution < 1.29 is 19.0 Å². The van der Waals surface area contributed by atoms with E-state index in [-0.39, 0.29) is 5.91 Å². The van der Waals surface area contributed by atoms with E-state index in [0.29, 0.717) is 41.8 Å². The molecule has 144 valence electrons. The third-order valence-electron chi connectivity index (χ3n) is 3.97. The summed E-state index contributed by atoms with van der Waals surface area (Å²) in [4.78, 5) is 16.7. The molecule has 0 atom stereocenters. The van der Waals surface area contributed by atoms with Crippen LogP contribution in [0.15, 0.2) is 66.9 Å². The highest BCUT2D eigenvalue weighted by Gasteiger charge is 2.11. The number of amides is 1. The number of ether oxygens (including phenoxy) is 3. The highest BCUT2D eigenvalue weighted by Crippen LogP contribution is 2.30. The highest BCUT2D eigenvalue weighted by molar-refractivity contribution is 5.96. The molecule has 28 heavy (non-hydrogen) atoms. The number of methoxy groups -OCH3 is 1. The van der Waals surface area contributed by atoms with Crippen LogP contribution in [0.3, 0.4) is 0 Å². The van der Waals surface area contributed by atoms with E-state index in [0.717, 1.165) is 5.56 Å². The van der Waals surface area contributed by atoms with Crippen LogP contribution in [0.1, 0.15) is 22.8 Å². The fraction of sp³-hybridized carbons (Fsp3) is 0.182. The Morgan fingerprint density at radius 1 is 0.964 bits per heavy atom. The molecule has 0 aliphatic carbocycles. The number of benzene rings is 2. The van der Waals surface area contributed by atoms with Gasteiger partial charge in [-0.25, -0.2) is 4.98 Å². The zero-order valence-corrected chi connectivity index (χ0v) is 15.8. The Hall–Kier alpha value is -3.54. The van der Waals surface area contributed by atoms with Crippen LogP contribution in [0.5, 0.6) is 23.1 Å². The van der Waals surface area contributed by atoms with Gasteiger partial charge in [-0.15, -0.1) is 0 Å². The summed E-state index contributed by atoms with van der Waals surface area (Å²) < 4.78 is 16.6. The van der Waals surface area contributed by atoms with Gasteiger partial charge in [-0.1, -0.05) is 30.3 Å². The number of pyridine rings is 1. The predicted octanol–water partition coefficient (Wildman–Crippen LogP) is 4.21. The van der Waals surface area contributed by atoms with Crippen molar-refractivity contribution in [3.05, 3.63) is 78.0 Å². The van der Waals surface area contributed by atoms with Crippen molar-refractivity contribution in [2.75, 3.05) is 13.7 Å². The van der Waals surface area contributed by atoms with E-state index >= 15 is 0 Å².